The summed E-state index contributed by atoms with van der Waals surface area (Å²) in [5.74, 6) is -1.70. The number of carbonyl (C=O) groups is 1. The van der Waals surface area contributed by atoms with Crippen molar-refractivity contribution < 1.29 is 13.6 Å². The first kappa shape index (κ1) is 11.6. The van der Waals surface area contributed by atoms with E-state index in [4.69, 9.17) is 0 Å². The van der Waals surface area contributed by atoms with Crippen LogP contribution in [0, 0.1) is 11.6 Å². The Hall–Kier alpha value is -1.49. The minimum Gasteiger partial charge on any atom is -0.289 e. The molecule has 82 valence electrons. The number of rotatable bonds is 3. The van der Waals surface area contributed by atoms with E-state index in [1.165, 1.54) is 11.1 Å². The van der Waals surface area contributed by atoms with E-state index in [0.29, 0.717) is 0 Å². The number of hydrazine groups is 1. The fourth-order valence-corrected chi connectivity index (χ4v) is 1.13. The average Bonchev–Trinajstić information content (AvgIpc) is 2.08. The lowest BCUT2D eigenvalue weighted by Crippen LogP contribution is -2.37. The molecular formula is C10H12F2N2O. The molecule has 0 aliphatic carbocycles. The SMILES string of the molecule is CN(C)NC(=O)Cc1ccc(F)cc1F. The fourth-order valence-electron chi connectivity index (χ4n) is 1.13. The summed E-state index contributed by atoms with van der Waals surface area (Å²) in [4.78, 5) is 11.2. The number of amides is 1. The minimum absolute atomic E-state index is 0.107. The first-order valence-electron chi connectivity index (χ1n) is 4.40. The molecule has 0 aliphatic heterocycles. The van der Waals surface area contributed by atoms with Gasteiger partial charge in [0.05, 0.1) is 6.42 Å². The summed E-state index contributed by atoms with van der Waals surface area (Å²) < 4.78 is 25.7. The number of nitrogens with one attached hydrogen (secondary N) is 1. The van der Waals surface area contributed by atoms with Crippen molar-refractivity contribution in [1.29, 1.82) is 0 Å². The van der Waals surface area contributed by atoms with Gasteiger partial charge in [-0.2, -0.15) is 0 Å². The summed E-state index contributed by atoms with van der Waals surface area (Å²) in [5, 5.41) is 1.46. The van der Waals surface area contributed by atoms with Gasteiger partial charge in [-0.05, 0) is 11.6 Å². The molecule has 0 bridgehead atoms. The molecule has 1 N–H and O–H groups in total. The third kappa shape index (κ3) is 3.63. The predicted molar refractivity (Wildman–Crippen MR) is 51.9 cm³/mol. The van der Waals surface area contributed by atoms with Crippen molar-refractivity contribution >= 4 is 5.91 Å². The van der Waals surface area contributed by atoms with Crippen LogP contribution in [0.15, 0.2) is 18.2 Å². The van der Waals surface area contributed by atoms with E-state index in [1.54, 1.807) is 14.1 Å². The zero-order valence-corrected chi connectivity index (χ0v) is 8.55. The van der Waals surface area contributed by atoms with Crippen LogP contribution in [-0.4, -0.2) is 25.0 Å². The number of carbonyl (C=O) groups excluding carboxylic acids is 1. The highest BCUT2D eigenvalue weighted by atomic mass is 19.1. The molecule has 3 nitrogen and oxygen atoms in total. The van der Waals surface area contributed by atoms with Crippen molar-refractivity contribution in [3.05, 3.63) is 35.4 Å². The molecule has 1 aromatic carbocycles. The van der Waals surface area contributed by atoms with Crippen molar-refractivity contribution in [2.45, 2.75) is 6.42 Å². The largest absolute Gasteiger partial charge is 0.289 e. The Morgan fingerprint density at radius 1 is 1.40 bits per heavy atom. The van der Waals surface area contributed by atoms with E-state index >= 15 is 0 Å². The summed E-state index contributed by atoms with van der Waals surface area (Å²) in [7, 11) is 3.30. The van der Waals surface area contributed by atoms with E-state index in [0.717, 1.165) is 12.1 Å². The van der Waals surface area contributed by atoms with Crippen LogP contribution in [0.25, 0.3) is 0 Å². The first-order valence-corrected chi connectivity index (χ1v) is 4.40. The van der Waals surface area contributed by atoms with Crippen LogP contribution in [0.2, 0.25) is 0 Å². The summed E-state index contributed by atoms with van der Waals surface area (Å²) in [6.07, 6.45) is -0.107. The summed E-state index contributed by atoms with van der Waals surface area (Å²) in [6.45, 7) is 0. The summed E-state index contributed by atoms with van der Waals surface area (Å²) in [6, 6.07) is 3.15. The molecule has 1 rings (SSSR count). The Morgan fingerprint density at radius 3 is 2.60 bits per heavy atom. The third-order valence-electron chi connectivity index (χ3n) is 1.71. The molecule has 0 fully saturated rings. The molecule has 0 saturated carbocycles. The standard InChI is InChI=1S/C10H12F2N2O/c1-14(2)13-10(15)5-7-3-4-8(11)6-9(7)12/h3-4,6H,5H2,1-2H3,(H,13,15). The molecule has 1 amide bonds. The molecule has 15 heavy (non-hydrogen) atoms. The zero-order valence-electron chi connectivity index (χ0n) is 8.55. The lowest BCUT2D eigenvalue weighted by molar-refractivity contribution is -0.124. The van der Waals surface area contributed by atoms with Crippen molar-refractivity contribution in [2.24, 2.45) is 0 Å². The van der Waals surface area contributed by atoms with E-state index < -0.39 is 11.6 Å². The minimum atomic E-state index is -0.705. The quantitative estimate of drug-likeness (QED) is 0.764. The van der Waals surface area contributed by atoms with Crippen molar-refractivity contribution in [2.75, 3.05) is 14.1 Å². The summed E-state index contributed by atoms with van der Waals surface area (Å²) >= 11 is 0. The van der Waals surface area contributed by atoms with Gasteiger partial charge in [0.1, 0.15) is 11.6 Å². The highest BCUT2D eigenvalue weighted by Crippen LogP contribution is 2.09. The lowest BCUT2D eigenvalue weighted by atomic mass is 10.1. The molecule has 0 heterocycles. The summed E-state index contributed by atoms with van der Waals surface area (Å²) in [5.41, 5.74) is 2.64. The van der Waals surface area contributed by atoms with Gasteiger partial charge in [-0.1, -0.05) is 6.07 Å². The molecule has 0 aromatic heterocycles. The number of nitrogens with zero attached hydrogens (tertiary/aromatic N) is 1. The van der Waals surface area contributed by atoms with E-state index in [2.05, 4.69) is 5.43 Å². The van der Waals surface area contributed by atoms with Crippen LogP contribution in [0.4, 0.5) is 8.78 Å². The van der Waals surface area contributed by atoms with Crippen LogP contribution in [0.1, 0.15) is 5.56 Å². The molecule has 0 saturated heterocycles. The van der Waals surface area contributed by atoms with Crippen molar-refractivity contribution in [1.82, 2.24) is 10.4 Å². The van der Waals surface area contributed by atoms with Gasteiger partial charge in [0.15, 0.2) is 0 Å². The second-order valence-corrected chi connectivity index (χ2v) is 3.34. The topological polar surface area (TPSA) is 32.3 Å². The molecule has 0 radical (unpaired) electrons. The van der Waals surface area contributed by atoms with Crippen LogP contribution >= 0.6 is 0 Å². The Kier molecular flexibility index (Phi) is 3.74. The van der Waals surface area contributed by atoms with Crippen LogP contribution in [-0.2, 0) is 11.2 Å². The molecule has 0 spiro atoms. The predicted octanol–water partition coefficient (Wildman–Crippen LogP) is 1.10. The maximum absolute atomic E-state index is 13.1. The lowest BCUT2D eigenvalue weighted by Gasteiger charge is -2.11. The van der Waals surface area contributed by atoms with E-state index in [-0.39, 0.29) is 17.9 Å². The number of hydrogen-bond donors (Lipinski definition) is 1. The first-order chi connectivity index (χ1) is 6.99. The van der Waals surface area contributed by atoms with Crippen molar-refractivity contribution in [3.63, 3.8) is 0 Å². The van der Waals surface area contributed by atoms with Crippen LogP contribution in [0.3, 0.4) is 0 Å². The normalized spacial score (nSPS) is 10.5. The maximum atomic E-state index is 13.1. The Bertz CT molecular complexity index is 366. The molecular weight excluding hydrogens is 202 g/mol. The fraction of sp³-hybridized carbons (Fsp3) is 0.300. The monoisotopic (exact) mass is 214 g/mol. The Balaban J connectivity index is 2.68. The molecule has 1 aromatic rings. The Labute approximate surface area is 86.7 Å². The smallest absolute Gasteiger partial charge is 0.238 e. The van der Waals surface area contributed by atoms with Crippen LogP contribution < -0.4 is 5.43 Å². The number of benzene rings is 1. The van der Waals surface area contributed by atoms with Gasteiger partial charge < -0.3 is 0 Å². The average molecular weight is 214 g/mol. The second kappa shape index (κ2) is 4.84. The van der Waals surface area contributed by atoms with Gasteiger partial charge in [0, 0.05) is 20.2 Å². The highest BCUT2D eigenvalue weighted by molar-refractivity contribution is 5.78. The van der Waals surface area contributed by atoms with Gasteiger partial charge >= 0.3 is 0 Å². The van der Waals surface area contributed by atoms with Crippen molar-refractivity contribution in [3.8, 4) is 0 Å². The molecule has 0 aliphatic rings. The van der Waals surface area contributed by atoms with Gasteiger partial charge in [0.2, 0.25) is 5.91 Å². The second-order valence-electron chi connectivity index (χ2n) is 3.34. The van der Waals surface area contributed by atoms with Gasteiger partial charge in [-0.15, -0.1) is 0 Å². The molecule has 5 heteroatoms. The van der Waals surface area contributed by atoms with E-state index in [9.17, 15) is 13.6 Å². The van der Waals surface area contributed by atoms with Gasteiger partial charge in [-0.3, -0.25) is 10.2 Å². The molecule has 0 unspecified atom stereocenters. The zero-order chi connectivity index (χ0) is 11.4. The molecule has 0 atom stereocenters. The maximum Gasteiger partial charge on any atom is 0.238 e. The third-order valence-corrected chi connectivity index (χ3v) is 1.71. The van der Waals surface area contributed by atoms with Crippen LogP contribution in [0.5, 0.6) is 0 Å². The van der Waals surface area contributed by atoms with Gasteiger partial charge in [0.25, 0.3) is 0 Å². The number of hydrogen-bond acceptors (Lipinski definition) is 2. The Morgan fingerprint density at radius 2 is 2.07 bits per heavy atom. The highest BCUT2D eigenvalue weighted by Gasteiger charge is 2.09. The number of halogens is 2. The van der Waals surface area contributed by atoms with Gasteiger partial charge in [-0.25, -0.2) is 13.8 Å². The van der Waals surface area contributed by atoms with E-state index in [1.807, 2.05) is 0 Å².